The summed E-state index contributed by atoms with van der Waals surface area (Å²) in [7, 11) is 0. The summed E-state index contributed by atoms with van der Waals surface area (Å²) in [5, 5.41) is 5.32. The van der Waals surface area contributed by atoms with Gasteiger partial charge >= 0.3 is 0 Å². The van der Waals surface area contributed by atoms with Gasteiger partial charge in [0.25, 0.3) is 0 Å². The van der Waals surface area contributed by atoms with E-state index in [0.717, 1.165) is 11.1 Å². The zero-order valence-corrected chi connectivity index (χ0v) is 15.2. The molecule has 1 fully saturated rings. The number of hydrogen-bond acceptors (Lipinski definition) is 4. The van der Waals surface area contributed by atoms with Crippen LogP contribution in [0.2, 0.25) is 10.0 Å². The summed E-state index contributed by atoms with van der Waals surface area (Å²) >= 11 is 12.0. The number of nitrogens with zero attached hydrogens (tertiary/aromatic N) is 3. The molecule has 2 aromatic carbocycles. The van der Waals surface area contributed by atoms with Gasteiger partial charge in [0.1, 0.15) is 6.04 Å². The van der Waals surface area contributed by atoms with Crippen molar-refractivity contribution in [3.05, 3.63) is 70.0 Å². The van der Waals surface area contributed by atoms with Crippen LogP contribution in [0.1, 0.15) is 30.3 Å². The van der Waals surface area contributed by atoms with E-state index < -0.39 is 0 Å². The minimum Gasteiger partial charge on any atom is -0.337 e. The van der Waals surface area contributed by atoms with E-state index in [-0.39, 0.29) is 11.9 Å². The molecule has 0 radical (unpaired) electrons. The summed E-state index contributed by atoms with van der Waals surface area (Å²) in [5.74, 6) is 0.987. The molecule has 0 spiro atoms. The van der Waals surface area contributed by atoms with E-state index in [9.17, 15) is 4.79 Å². The van der Waals surface area contributed by atoms with Crippen LogP contribution < -0.4 is 0 Å². The molecule has 0 saturated carbocycles. The van der Waals surface area contributed by atoms with Gasteiger partial charge in [0, 0.05) is 28.6 Å². The number of carbonyl (C=O) groups is 1. The fourth-order valence-corrected chi connectivity index (χ4v) is 3.41. The van der Waals surface area contributed by atoms with Crippen molar-refractivity contribution >= 4 is 29.1 Å². The maximum atomic E-state index is 12.3. The lowest BCUT2D eigenvalue weighted by Gasteiger charge is -2.22. The van der Waals surface area contributed by atoms with E-state index in [4.69, 9.17) is 27.7 Å². The Kier molecular flexibility index (Phi) is 4.66. The molecule has 1 aliphatic heterocycles. The standard InChI is InChI=1S/C19H15Cl2N3O2/c20-14-6-4-12(5-7-14)11-24-16(8-9-17(24)25)19-22-18(23-26-19)13-2-1-3-15(21)10-13/h1-7,10,16H,8-9,11H2. The van der Waals surface area contributed by atoms with Crippen molar-refractivity contribution in [3.63, 3.8) is 0 Å². The van der Waals surface area contributed by atoms with Crippen LogP contribution in [-0.2, 0) is 11.3 Å². The fourth-order valence-electron chi connectivity index (χ4n) is 3.09. The molecule has 7 heteroatoms. The predicted molar refractivity (Wildman–Crippen MR) is 98.7 cm³/mol. The lowest BCUT2D eigenvalue weighted by atomic mass is 10.1. The third kappa shape index (κ3) is 3.45. The number of carbonyl (C=O) groups excluding carboxylic acids is 1. The molecular weight excluding hydrogens is 373 g/mol. The number of likely N-dealkylation sites (tertiary alicyclic amines) is 1. The number of amides is 1. The Morgan fingerprint density at radius 1 is 1.12 bits per heavy atom. The smallest absolute Gasteiger partial charge is 0.249 e. The molecule has 1 aliphatic rings. The molecule has 2 heterocycles. The Morgan fingerprint density at radius 2 is 1.92 bits per heavy atom. The fraction of sp³-hybridized carbons (Fsp3) is 0.211. The predicted octanol–water partition coefficient (Wildman–Crippen LogP) is 4.91. The van der Waals surface area contributed by atoms with Crippen molar-refractivity contribution in [2.45, 2.75) is 25.4 Å². The SMILES string of the molecule is O=C1CCC(c2nc(-c3cccc(Cl)c3)no2)N1Cc1ccc(Cl)cc1. The molecule has 1 atom stereocenters. The largest absolute Gasteiger partial charge is 0.337 e. The molecule has 1 aromatic heterocycles. The van der Waals surface area contributed by atoms with Gasteiger partial charge in [0.15, 0.2) is 0 Å². The van der Waals surface area contributed by atoms with E-state index in [1.54, 1.807) is 17.0 Å². The third-order valence-electron chi connectivity index (χ3n) is 4.40. The Balaban J connectivity index is 1.58. The number of hydrogen-bond donors (Lipinski definition) is 0. The van der Waals surface area contributed by atoms with Gasteiger partial charge in [-0.15, -0.1) is 0 Å². The second kappa shape index (κ2) is 7.09. The highest BCUT2D eigenvalue weighted by Gasteiger charge is 2.36. The van der Waals surface area contributed by atoms with Crippen LogP contribution in [-0.4, -0.2) is 20.9 Å². The molecule has 1 amide bonds. The van der Waals surface area contributed by atoms with Crippen molar-refractivity contribution < 1.29 is 9.32 Å². The number of aromatic nitrogens is 2. The Bertz CT molecular complexity index is 940. The maximum absolute atomic E-state index is 12.3. The van der Waals surface area contributed by atoms with Gasteiger partial charge < -0.3 is 9.42 Å². The summed E-state index contributed by atoms with van der Waals surface area (Å²) in [6.45, 7) is 0.482. The van der Waals surface area contributed by atoms with Crippen molar-refractivity contribution in [2.75, 3.05) is 0 Å². The molecule has 0 aliphatic carbocycles. The highest BCUT2D eigenvalue weighted by molar-refractivity contribution is 6.31. The highest BCUT2D eigenvalue weighted by Crippen LogP contribution is 2.34. The summed E-state index contributed by atoms with van der Waals surface area (Å²) < 4.78 is 5.46. The zero-order chi connectivity index (χ0) is 18.1. The Morgan fingerprint density at radius 3 is 2.69 bits per heavy atom. The first-order chi connectivity index (χ1) is 12.6. The van der Waals surface area contributed by atoms with Gasteiger partial charge in [-0.05, 0) is 36.2 Å². The molecule has 1 unspecified atom stereocenters. The van der Waals surface area contributed by atoms with E-state index in [1.807, 2.05) is 36.4 Å². The highest BCUT2D eigenvalue weighted by atomic mass is 35.5. The minimum atomic E-state index is -0.224. The van der Waals surface area contributed by atoms with E-state index >= 15 is 0 Å². The van der Waals surface area contributed by atoms with Gasteiger partial charge in [0.2, 0.25) is 17.6 Å². The zero-order valence-electron chi connectivity index (χ0n) is 13.7. The Hall–Kier alpha value is -2.37. The van der Waals surface area contributed by atoms with E-state index in [0.29, 0.717) is 41.1 Å². The first-order valence-corrected chi connectivity index (χ1v) is 8.99. The lowest BCUT2D eigenvalue weighted by molar-refractivity contribution is -0.129. The molecular formula is C19H15Cl2N3O2. The number of rotatable bonds is 4. The molecule has 26 heavy (non-hydrogen) atoms. The van der Waals surface area contributed by atoms with E-state index in [2.05, 4.69) is 10.1 Å². The molecule has 0 N–H and O–H groups in total. The second-order valence-electron chi connectivity index (χ2n) is 6.17. The van der Waals surface area contributed by atoms with Crippen LogP contribution in [0.3, 0.4) is 0 Å². The van der Waals surface area contributed by atoms with Crippen molar-refractivity contribution in [2.24, 2.45) is 0 Å². The first kappa shape index (κ1) is 17.1. The van der Waals surface area contributed by atoms with Crippen LogP contribution in [0.25, 0.3) is 11.4 Å². The van der Waals surface area contributed by atoms with Crippen molar-refractivity contribution in [1.29, 1.82) is 0 Å². The van der Waals surface area contributed by atoms with Gasteiger partial charge in [-0.2, -0.15) is 4.98 Å². The van der Waals surface area contributed by atoms with Crippen LogP contribution in [0.15, 0.2) is 53.1 Å². The van der Waals surface area contributed by atoms with Crippen molar-refractivity contribution in [1.82, 2.24) is 15.0 Å². The topological polar surface area (TPSA) is 59.2 Å². The van der Waals surface area contributed by atoms with Crippen LogP contribution >= 0.6 is 23.2 Å². The quantitative estimate of drug-likeness (QED) is 0.638. The monoisotopic (exact) mass is 387 g/mol. The molecule has 0 bridgehead atoms. The summed E-state index contributed by atoms with van der Waals surface area (Å²) in [4.78, 5) is 18.6. The van der Waals surface area contributed by atoms with Gasteiger partial charge in [-0.25, -0.2) is 0 Å². The number of halogens is 2. The maximum Gasteiger partial charge on any atom is 0.249 e. The van der Waals surface area contributed by atoms with Gasteiger partial charge in [-0.1, -0.05) is 52.6 Å². The van der Waals surface area contributed by atoms with Gasteiger partial charge in [0.05, 0.1) is 0 Å². The van der Waals surface area contributed by atoms with Gasteiger partial charge in [-0.3, -0.25) is 4.79 Å². The van der Waals surface area contributed by atoms with Crippen molar-refractivity contribution in [3.8, 4) is 11.4 Å². The Labute approximate surface area is 160 Å². The lowest BCUT2D eigenvalue weighted by Crippen LogP contribution is -2.27. The summed E-state index contributed by atoms with van der Waals surface area (Å²) in [5.41, 5.74) is 1.78. The van der Waals surface area contributed by atoms with Crippen LogP contribution in [0, 0.1) is 0 Å². The molecule has 1 saturated heterocycles. The third-order valence-corrected chi connectivity index (χ3v) is 4.89. The molecule has 3 aromatic rings. The molecule has 4 rings (SSSR count). The normalized spacial score (nSPS) is 17.1. The van der Waals surface area contributed by atoms with Crippen LogP contribution in [0.5, 0.6) is 0 Å². The summed E-state index contributed by atoms with van der Waals surface area (Å²) in [6, 6.07) is 14.5. The molecule has 5 nitrogen and oxygen atoms in total. The molecule has 132 valence electrons. The van der Waals surface area contributed by atoms with Crippen LogP contribution in [0.4, 0.5) is 0 Å². The average Bonchev–Trinajstić information content (AvgIpc) is 3.25. The minimum absolute atomic E-state index is 0.0763. The summed E-state index contributed by atoms with van der Waals surface area (Å²) in [6.07, 6.45) is 1.12. The van der Waals surface area contributed by atoms with E-state index in [1.165, 1.54) is 0 Å². The first-order valence-electron chi connectivity index (χ1n) is 8.23. The average molecular weight is 388 g/mol. The number of benzene rings is 2. The second-order valence-corrected chi connectivity index (χ2v) is 7.04.